The van der Waals surface area contributed by atoms with Gasteiger partial charge >= 0.3 is 6.18 Å². The Morgan fingerprint density at radius 2 is 2.20 bits per heavy atom. The zero-order valence-corrected chi connectivity index (χ0v) is 12.1. The van der Waals surface area contributed by atoms with Crippen molar-refractivity contribution in [1.82, 2.24) is 5.32 Å². The van der Waals surface area contributed by atoms with Gasteiger partial charge in [0, 0.05) is 23.8 Å². The Morgan fingerprint density at radius 1 is 1.40 bits per heavy atom. The smallest absolute Gasteiger partial charge is 0.377 e. The van der Waals surface area contributed by atoms with Crippen LogP contribution in [0.2, 0.25) is 0 Å². The van der Waals surface area contributed by atoms with Gasteiger partial charge in [-0.15, -0.1) is 11.8 Å². The molecule has 6 heteroatoms. The van der Waals surface area contributed by atoms with Gasteiger partial charge in [0.2, 0.25) is 0 Å². The molecular weight excluding hydrogens is 287 g/mol. The second-order valence-electron chi connectivity index (χ2n) is 4.80. The zero-order chi connectivity index (χ0) is 14.6. The number of alkyl halides is 3. The normalized spacial score (nSPS) is 19.5. The third kappa shape index (κ3) is 4.14. The van der Waals surface area contributed by atoms with Crippen molar-refractivity contribution in [3.63, 3.8) is 0 Å². The minimum atomic E-state index is -4.32. The van der Waals surface area contributed by atoms with E-state index in [0.717, 1.165) is 19.4 Å². The molecule has 1 N–H and O–H groups in total. The number of hydrogen-bond donors (Lipinski definition) is 1. The molecule has 0 radical (unpaired) electrons. The van der Waals surface area contributed by atoms with Crippen LogP contribution in [0, 0.1) is 0 Å². The van der Waals surface area contributed by atoms with Crippen LogP contribution in [0.15, 0.2) is 23.1 Å². The first-order valence-electron chi connectivity index (χ1n) is 6.60. The molecule has 1 saturated heterocycles. The fourth-order valence-electron chi connectivity index (χ4n) is 2.20. The summed E-state index contributed by atoms with van der Waals surface area (Å²) in [6, 6.07) is 4.53. The Hall–Kier alpha value is -0.720. The van der Waals surface area contributed by atoms with E-state index in [9.17, 15) is 13.2 Å². The molecule has 1 fully saturated rings. The highest BCUT2D eigenvalue weighted by Crippen LogP contribution is 2.38. The van der Waals surface area contributed by atoms with E-state index in [1.165, 1.54) is 17.8 Å². The Balaban J connectivity index is 2.13. The lowest BCUT2D eigenvalue weighted by Crippen LogP contribution is -2.12. The van der Waals surface area contributed by atoms with Crippen LogP contribution in [0.5, 0.6) is 0 Å². The largest absolute Gasteiger partial charge is 0.417 e. The van der Waals surface area contributed by atoms with Crippen molar-refractivity contribution in [3.8, 4) is 0 Å². The third-order valence-electron chi connectivity index (χ3n) is 3.18. The van der Waals surface area contributed by atoms with Crippen LogP contribution >= 0.6 is 11.8 Å². The molecule has 1 heterocycles. The van der Waals surface area contributed by atoms with Crippen LogP contribution in [-0.4, -0.2) is 25.5 Å². The summed E-state index contributed by atoms with van der Waals surface area (Å²) in [5.74, 6) is 0.578. The zero-order valence-electron chi connectivity index (χ0n) is 11.3. The van der Waals surface area contributed by atoms with Crippen molar-refractivity contribution in [2.45, 2.75) is 36.6 Å². The van der Waals surface area contributed by atoms with Crippen LogP contribution in [0.1, 0.15) is 24.0 Å². The minimum Gasteiger partial charge on any atom is -0.377 e. The molecule has 2 rings (SSSR count). The number of thioether (sulfide) groups is 1. The second-order valence-corrected chi connectivity index (χ2v) is 5.87. The summed E-state index contributed by atoms with van der Waals surface area (Å²) in [5, 5.41) is 2.86. The van der Waals surface area contributed by atoms with Crippen LogP contribution in [0.4, 0.5) is 13.2 Å². The predicted octanol–water partition coefficient (Wildman–Crippen LogP) is 3.70. The van der Waals surface area contributed by atoms with Gasteiger partial charge in [-0.1, -0.05) is 6.07 Å². The fourth-order valence-corrected chi connectivity index (χ4v) is 3.32. The summed E-state index contributed by atoms with van der Waals surface area (Å²) >= 11 is 1.23. The lowest BCUT2D eigenvalue weighted by molar-refractivity contribution is -0.139. The number of hydrogen-bond acceptors (Lipinski definition) is 3. The van der Waals surface area contributed by atoms with Gasteiger partial charge in [0.05, 0.1) is 11.7 Å². The van der Waals surface area contributed by atoms with Crippen LogP contribution in [0.3, 0.4) is 0 Å². The molecule has 112 valence electrons. The van der Waals surface area contributed by atoms with Gasteiger partial charge in [-0.3, -0.25) is 0 Å². The van der Waals surface area contributed by atoms with E-state index in [4.69, 9.17) is 4.74 Å². The van der Waals surface area contributed by atoms with Crippen LogP contribution in [-0.2, 0) is 17.5 Å². The quantitative estimate of drug-likeness (QED) is 0.838. The standard InChI is InChI=1S/C14H18F3NOS/c1-18-8-10-4-5-13(12(7-10)14(15,16)17)20-9-11-3-2-6-19-11/h4-5,7,11,18H,2-3,6,8-9H2,1H3. The van der Waals surface area contributed by atoms with E-state index in [2.05, 4.69) is 5.32 Å². The summed E-state index contributed by atoms with van der Waals surface area (Å²) in [5.41, 5.74) is 0.0922. The molecule has 1 aliphatic rings. The van der Waals surface area contributed by atoms with Crippen molar-refractivity contribution in [2.75, 3.05) is 19.4 Å². The maximum Gasteiger partial charge on any atom is 0.417 e. The first kappa shape index (κ1) is 15.7. The lowest BCUT2D eigenvalue weighted by Gasteiger charge is -2.15. The maximum absolute atomic E-state index is 13.1. The van der Waals surface area contributed by atoms with Crippen molar-refractivity contribution in [2.24, 2.45) is 0 Å². The SMILES string of the molecule is CNCc1ccc(SCC2CCCO2)c(C(F)(F)F)c1. The second kappa shape index (κ2) is 6.83. The van der Waals surface area contributed by atoms with Gasteiger partial charge in [-0.2, -0.15) is 13.2 Å². The highest BCUT2D eigenvalue weighted by Gasteiger charge is 2.34. The van der Waals surface area contributed by atoms with Gasteiger partial charge < -0.3 is 10.1 Å². The molecule has 1 aromatic carbocycles. The molecule has 20 heavy (non-hydrogen) atoms. The average Bonchev–Trinajstić information content (AvgIpc) is 2.89. The fraction of sp³-hybridized carbons (Fsp3) is 0.571. The Labute approximate surface area is 121 Å². The van der Waals surface area contributed by atoms with Gasteiger partial charge in [0.15, 0.2) is 0 Å². The van der Waals surface area contributed by atoms with E-state index >= 15 is 0 Å². The maximum atomic E-state index is 13.1. The Bertz CT molecular complexity index is 445. The van der Waals surface area contributed by atoms with Crippen molar-refractivity contribution >= 4 is 11.8 Å². The summed E-state index contributed by atoms with van der Waals surface area (Å²) in [6.07, 6.45) is -2.30. The average molecular weight is 305 g/mol. The molecule has 0 bridgehead atoms. The molecule has 0 saturated carbocycles. The Kier molecular flexibility index (Phi) is 5.35. The molecule has 1 aliphatic heterocycles. The molecule has 0 aromatic heterocycles. The van der Waals surface area contributed by atoms with E-state index in [1.54, 1.807) is 19.2 Å². The third-order valence-corrected chi connectivity index (χ3v) is 4.38. The minimum absolute atomic E-state index is 0.0815. The van der Waals surface area contributed by atoms with Crippen LogP contribution in [0.25, 0.3) is 0 Å². The molecule has 1 aromatic rings. The number of ether oxygens (including phenoxy) is 1. The summed E-state index contributed by atoms with van der Waals surface area (Å²) in [7, 11) is 1.72. The topological polar surface area (TPSA) is 21.3 Å². The number of rotatable bonds is 5. The van der Waals surface area contributed by atoms with Gasteiger partial charge in [-0.25, -0.2) is 0 Å². The van der Waals surface area contributed by atoms with Crippen molar-refractivity contribution in [1.29, 1.82) is 0 Å². The van der Waals surface area contributed by atoms with E-state index in [1.807, 2.05) is 0 Å². The van der Waals surface area contributed by atoms with Crippen molar-refractivity contribution < 1.29 is 17.9 Å². The van der Waals surface area contributed by atoms with E-state index in [0.29, 0.717) is 17.9 Å². The first-order valence-corrected chi connectivity index (χ1v) is 7.58. The molecule has 0 aliphatic carbocycles. The summed E-state index contributed by atoms with van der Waals surface area (Å²) in [6.45, 7) is 1.15. The first-order chi connectivity index (χ1) is 9.50. The molecular formula is C14H18F3NOS. The lowest BCUT2D eigenvalue weighted by atomic mass is 10.1. The monoisotopic (exact) mass is 305 g/mol. The molecule has 2 nitrogen and oxygen atoms in total. The number of nitrogens with one attached hydrogen (secondary N) is 1. The molecule has 1 unspecified atom stereocenters. The van der Waals surface area contributed by atoms with Gasteiger partial charge in [0.1, 0.15) is 0 Å². The molecule has 0 amide bonds. The van der Waals surface area contributed by atoms with E-state index < -0.39 is 11.7 Å². The highest BCUT2D eigenvalue weighted by molar-refractivity contribution is 7.99. The summed E-state index contributed by atoms with van der Waals surface area (Å²) in [4.78, 5) is 0.285. The predicted molar refractivity (Wildman–Crippen MR) is 73.9 cm³/mol. The van der Waals surface area contributed by atoms with Crippen LogP contribution < -0.4 is 5.32 Å². The summed E-state index contributed by atoms with van der Waals surface area (Å²) < 4.78 is 44.8. The van der Waals surface area contributed by atoms with E-state index in [-0.39, 0.29) is 11.0 Å². The van der Waals surface area contributed by atoms with Gasteiger partial charge in [0.25, 0.3) is 0 Å². The number of benzene rings is 1. The number of halogens is 3. The molecule has 0 spiro atoms. The highest BCUT2D eigenvalue weighted by atomic mass is 32.2. The Morgan fingerprint density at radius 3 is 2.80 bits per heavy atom. The van der Waals surface area contributed by atoms with Crippen molar-refractivity contribution in [3.05, 3.63) is 29.3 Å². The molecule has 1 atom stereocenters. The van der Waals surface area contributed by atoms with Gasteiger partial charge in [-0.05, 0) is 37.6 Å².